The molecular formula is C16H18FN. The van der Waals surface area contributed by atoms with Crippen molar-refractivity contribution < 1.29 is 4.39 Å². The van der Waals surface area contributed by atoms with Gasteiger partial charge >= 0.3 is 0 Å². The molecule has 0 radical (unpaired) electrons. The van der Waals surface area contributed by atoms with Crippen molar-refractivity contribution in [3.8, 4) is 0 Å². The zero-order chi connectivity index (χ0) is 13.3. The van der Waals surface area contributed by atoms with E-state index in [4.69, 9.17) is 5.73 Å². The maximum Gasteiger partial charge on any atom is 0.131 e. The summed E-state index contributed by atoms with van der Waals surface area (Å²) in [5.41, 5.74) is 10.7. The van der Waals surface area contributed by atoms with Crippen molar-refractivity contribution in [3.63, 3.8) is 0 Å². The number of hydrogen-bond acceptors (Lipinski definition) is 1. The summed E-state index contributed by atoms with van der Waals surface area (Å²) in [7, 11) is 0. The molecule has 1 atom stereocenters. The maximum absolute atomic E-state index is 14.1. The third-order valence-electron chi connectivity index (χ3n) is 3.32. The minimum atomic E-state index is -0.412. The van der Waals surface area contributed by atoms with Gasteiger partial charge in [0.25, 0.3) is 0 Å². The summed E-state index contributed by atoms with van der Waals surface area (Å²) in [6.45, 7) is 5.80. The molecule has 1 nitrogen and oxygen atoms in total. The van der Waals surface area contributed by atoms with Gasteiger partial charge in [0.05, 0.1) is 6.04 Å². The first-order valence-corrected chi connectivity index (χ1v) is 6.08. The molecule has 2 heteroatoms. The number of aryl methyl sites for hydroxylation is 3. The summed E-state index contributed by atoms with van der Waals surface area (Å²) in [6.07, 6.45) is 0. The SMILES string of the molecule is Cc1ccc(C(N)c2cccc(C)c2F)c(C)c1. The second kappa shape index (κ2) is 4.91. The third kappa shape index (κ3) is 2.29. The zero-order valence-electron chi connectivity index (χ0n) is 11.0. The van der Waals surface area contributed by atoms with Crippen molar-refractivity contribution in [2.24, 2.45) is 5.73 Å². The van der Waals surface area contributed by atoms with Crippen LogP contribution in [-0.2, 0) is 0 Å². The molecule has 0 amide bonds. The molecule has 0 heterocycles. The molecule has 0 saturated heterocycles. The lowest BCUT2D eigenvalue weighted by Crippen LogP contribution is -2.15. The van der Waals surface area contributed by atoms with E-state index < -0.39 is 6.04 Å². The Balaban J connectivity index is 2.48. The smallest absolute Gasteiger partial charge is 0.131 e. The molecular weight excluding hydrogens is 225 g/mol. The van der Waals surface area contributed by atoms with Gasteiger partial charge in [0.15, 0.2) is 0 Å². The fourth-order valence-corrected chi connectivity index (χ4v) is 2.25. The molecule has 0 saturated carbocycles. The molecule has 1 unspecified atom stereocenters. The van der Waals surface area contributed by atoms with Gasteiger partial charge in [-0.15, -0.1) is 0 Å². The van der Waals surface area contributed by atoms with E-state index in [1.165, 1.54) is 5.56 Å². The van der Waals surface area contributed by atoms with E-state index >= 15 is 0 Å². The summed E-state index contributed by atoms with van der Waals surface area (Å²) in [5.74, 6) is -0.204. The van der Waals surface area contributed by atoms with Crippen LogP contribution in [0.5, 0.6) is 0 Å². The van der Waals surface area contributed by atoms with Gasteiger partial charge in [0.1, 0.15) is 5.82 Å². The van der Waals surface area contributed by atoms with Crippen LogP contribution < -0.4 is 5.73 Å². The Hall–Kier alpha value is -1.67. The van der Waals surface area contributed by atoms with E-state index in [-0.39, 0.29) is 5.82 Å². The van der Waals surface area contributed by atoms with Crippen LogP contribution >= 0.6 is 0 Å². The quantitative estimate of drug-likeness (QED) is 0.853. The second-order valence-corrected chi connectivity index (χ2v) is 4.82. The largest absolute Gasteiger partial charge is 0.320 e. The Labute approximate surface area is 107 Å². The molecule has 2 aromatic rings. The van der Waals surface area contributed by atoms with Gasteiger partial charge in [-0.3, -0.25) is 0 Å². The fraction of sp³-hybridized carbons (Fsp3) is 0.250. The minimum Gasteiger partial charge on any atom is -0.320 e. The molecule has 0 aliphatic carbocycles. The number of halogens is 1. The van der Waals surface area contributed by atoms with Crippen molar-refractivity contribution in [2.75, 3.05) is 0 Å². The van der Waals surface area contributed by atoms with E-state index in [1.54, 1.807) is 19.1 Å². The molecule has 0 aliphatic rings. The van der Waals surface area contributed by atoms with E-state index in [9.17, 15) is 4.39 Å². The number of benzene rings is 2. The first kappa shape index (κ1) is 12.8. The Bertz CT molecular complexity index is 575. The van der Waals surface area contributed by atoms with Crippen LogP contribution in [0.2, 0.25) is 0 Å². The first-order valence-electron chi connectivity index (χ1n) is 6.08. The van der Waals surface area contributed by atoms with Crippen LogP contribution in [0.3, 0.4) is 0 Å². The van der Waals surface area contributed by atoms with Gasteiger partial charge in [-0.2, -0.15) is 0 Å². The summed E-state index contributed by atoms with van der Waals surface area (Å²) in [6, 6.07) is 11.0. The highest BCUT2D eigenvalue weighted by Crippen LogP contribution is 2.26. The normalized spacial score (nSPS) is 12.5. The van der Waals surface area contributed by atoms with E-state index in [2.05, 4.69) is 6.07 Å². The van der Waals surface area contributed by atoms with Crippen LogP contribution in [0.15, 0.2) is 36.4 Å². The summed E-state index contributed by atoms with van der Waals surface area (Å²) in [5, 5.41) is 0. The van der Waals surface area contributed by atoms with Crippen LogP contribution in [0.25, 0.3) is 0 Å². The highest BCUT2D eigenvalue weighted by atomic mass is 19.1. The zero-order valence-corrected chi connectivity index (χ0v) is 11.0. The highest BCUT2D eigenvalue weighted by Gasteiger charge is 2.16. The molecule has 2 aromatic carbocycles. The van der Waals surface area contributed by atoms with E-state index in [0.717, 1.165) is 11.1 Å². The molecule has 2 N–H and O–H groups in total. The van der Waals surface area contributed by atoms with Crippen molar-refractivity contribution in [1.82, 2.24) is 0 Å². The Morgan fingerprint density at radius 1 is 0.944 bits per heavy atom. The summed E-state index contributed by atoms with van der Waals surface area (Å²) >= 11 is 0. The molecule has 0 spiro atoms. The summed E-state index contributed by atoms with van der Waals surface area (Å²) < 4.78 is 14.1. The van der Waals surface area contributed by atoms with Gasteiger partial charge in [-0.1, -0.05) is 42.0 Å². The van der Waals surface area contributed by atoms with Crippen LogP contribution in [0.1, 0.15) is 33.9 Å². The number of rotatable bonds is 2. The first-order chi connectivity index (χ1) is 8.50. The number of hydrogen-bond donors (Lipinski definition) is 1. The van der Waals surface area contributed by atoms with Gasteiger partial charge in [-0.05, 0) is 37.5 Å². The van der Waals surface area contributed by atoms with Gasteiger partial charge in [0, 0.05) is 5.56 Å². The van der Waals surface area contributed by atoms with E-state index in [1.807, 2.05) is 32.0 Å². The Morgan fingerprint density at radius 3 is 2.33 bits per heavy atom. The monoisotopic (exact) mass is 243 g/mol. The lowest BCUT2D eigenvalue weighted by Gasteiger charge is -2.17. The lowest BCUT2D eigenvalue weighted by atomic mass is 9.93. The van der Waals surface area contributed by atoms with Crippen LogP contribution in [-0.4, -0.2) is 0 Å². The maximum atomic E-state index is 14.1. The molecule has 18 heavy (non-hydrogen) atoms. The summed E-state index contributed by atoms with van der Waals surface area (Å²) in [4.78, 5) is 0. The molecule has 2 rings (SSSR count). The van der Waals surface area contributed by atoms with E-state index in [0.29, 0.717) is 11.1 Å². The predicted octanol–water partition coefficient (Wildman–Crippen LogP) is 3.80. The minimum absolute atomic E-state index is 0.204. The average Bonchev–Trinajstić information content (AvgIpc) is 2.32. The second-order valence-electron chi connectivity index (χ2n) is 4.82. The average molecular weight is 243 g/mol. The van der Waals surface area contributed by atoms with Gasteiger partial charge in [0.2, 0.25) is 0 Å². The molecule has 0 aliphatic heterocycles. The molecule has 0 aromatic heterocycles. The predicted molar refractivity (Wildman–Crippen MR) is 73.1 cm³/mol. The highest BCUT2D eigenvalue weighted by molar-refractivity contribution is 5.40. The van der Waals surface area contributed by atoms with Crippen LogP contribution in [0, 0.1) is 26.6 Å². The number of nitrogens with two attached hydrogens (primary N) is 1. The molecule has 94 valence electrons. The topological polar surface area (TPSA) is 26.0 Å². The van der Waals surface area contributed by atoms with Gasteiger partial charge < -0.3 is 5.73 Å². The molecule has 0 bridgehead atoms. The Kier molecular flexibility index (Phi) is 3.48. The van der Waals surface area contributed by atoms with Crippen molar-refractivity contribution in [3.05, 3.63) is 70.0 Å². The fourth-order valence-electron chi connectivity index (χ4n) is 2.25. The third-order valence-corrected chi connectivity index (χ3v) is 3.32. The molecule has 0 fully saturated rings. The van der Waals surface area contributed by atoms with Crippen LogP contribution in [0.4, 0.5) is 4.39 Å². The van der Waals surface area contributed by atoms with Crippen molar-refractivity contribution >= 4 is 0 Å². The Morgan fingerprint density at radius 2 is 1.67 bits per heavy atom. The van der Waals surface area contributed by atoms with Crippen molar-refractivity contribution in [1.29, 1.82) is 0 Å². The lowest BCUT2D eigenvalue weighted by molar-refractivity contribution is 0.590. The standard InChI is InChI=1S/C16H18FN/c1-10-7-8-13(12(3)9-10)16(18)14-6-4-5-11(2)15(14)17/h4-9,16H,18H2,1-3H3. The van der Waals surface area contributed by atoms with Gasteiger partial charge in [-0.25, -0.2) is 4.39 Å². The van der Waals surface area contributed by atoms with Crippen molar-refractivity contribution in [2.45, 2.75) is 26.8 Å².